The van der Waals surface area contributed by atoms with Crippen LogP contribution in [0.1, 0.15) is 44.5 Å². The molecule has 0 unspecified atom stereocenters. The van der Waals surface area contributed by atoms with Crippen molar-refractivity contribution < 1.29 is 36.6 Å². The predicted molar refractivity (Wildman–Crippen MR) is 127 cm³/mol. The van der Waals surface area contributed by atoms with E-state index in [4.69, 9.17) is 24.6 Å². The lowest BCUT2D eigenvalue weighted by Crippen LogP contribution is -2.40. The molecule has 0 bridgehead atoms. The van der Waals surface area contributed by atoms with Gasteiger partial charge in [-0.15, -0.1) is 0 Å². The number of fused-ring (bicyclic) bond motifs is 1. The minimum absolute atomic E-state index is 0.107. The van der Waals surface area contributed by atoms with Crippen molar-refractivity contribution >= 4 is 17.6 Å². The van der Waals surface area contributed by atoms with Gasteiger partial charge in [-0.2, -0.15) is 13.2 Å². The van der Waals surface area contributed by atoms with Gasteiger partial charge in [0.25, 0.3) is 0 Å². The van der Waals surface area contributed by atoms with E-state index in [1.165, 1.54) is 12.1 Å². The van der Waals surface area contributed by atoms with Gasteiger partial charge in [0.15, 0.2) is 23.2 Å². The molecule has 13 heteroatoms. The molecule has 2 aliphatic rings. The number of hydrogen-bond acceptors (Lipinski definition) is 7. The molecule has 1 aromatic heterocycles. The molecule has 3 N–H and O–H groups in total. The minimum atomic E-state index is -5.08. The summed E-state index contributed by atoms with van der Waals surface area (Å²) in [6.07, 6.45) is -1.85. The molecule has 204 valence electrons. The van der Waals surface area contributed by atoms with Crippen molar-refractivity contribution in [3.63, 3.8) is 0 Å². The summed E-state index contributed by atoms with van der Waals surface area (Å²) in [7, 11) is 0. The number of rotatable bonds is 6. The summed E-state index contributed by atoms with van der Waals surface area (Å²) in [6.45, 7) is 7.43. The van der Waals surface area contributed by atoms with E-state index in [0.717, 1.165) is 81.0 Å². The Hall–Kier alpha value is -3.22. The van der Waals surface area contributed by atoms with Crippen LogP contribution in [0.15, 0.2) is 18.2 Å². The predicted octanol–water partition coefficient (Wildman–Crippen LogP) is 4.29. The zero-order chi connectivity index (χ0) is 27.2. The largest absolute Gasteiger partial charge is 0.490 e. The smallest absolute Gasteiger partial charge is 0.487 e. The van der Waals surface area contributed by atoms with Crippen molar-refractivity contribution in [3.05, 3.63) is 41.2 Å². The molecule has 2 aliphatic heterocycles. The SMILES string of the molecule is CC[C@H](C)Nc1nc2c(nc1N1CCC(Oc3ccc(F)cc3F)CC1)CCNC2.O=C(O)C(F)(F)F. The van der Waals surface area contributed by atoms with Gasteiger partial charge >= 0.3 is 12.1 Å². The first kappa shape index (κ1) is 28.4. The molecule has 2 aromatic rings. The number of piperidine rings is 1. The van der Waals surface area contributed by atoms with Crippen molar-refractivity contribution in [3.8, 4) is 5.75 Å². The molecule has 0 saturated carbocycles. The molecule has 0 amide bonds. The monoisotopic (exact) mass is 531 g/mol. The zero-order valence-corrected chi connectivity index (χ0v) is 20.5. The van der Waals surface area contributed by atoms with Crippen LogP contribution in [0, 0.1) is 11.6 Å². The quantitative estimate of drug-likeness (QED) is 0.475. The molecule has 1 fully saturated rings. The van der Waals surface area contributed by atoms with Gasteiger partial charge in [0, 0.05) is 57.5 Å². The average Bonchev–Trinajstić information content (AvgIpc) is 2.85. The molecule has 1 saturated heterocycles. The number of nitrogens with one attached hydrogen (secondary N) is 2. The van der Waals surface area contributed by atoms with Crippen LogP contribution in [0.4, 0.5) is 33.6 Å². The third-order valence-electron chi connectivity index (χ3n) is 6.03. The van der Waals surface area contributed by atoms with E-state index in [0.29, 0.717) is 6.04 Å². The van der Waals surface area contributed by atoms with E-state index in [9.17, 15) is 22.0 Å². The number of aromatic nitrogens is 2. The van der Waals surface area contributed by atoms with Crippen LogP contribution in [-0.4, -0.2) is 59.0 Å². The number of alkyl halides is 3. The maximum Gasteiger partial charge on any atom is 0.490 e. The number of benzene rings is 1. The zero-order valence-electron chi connectivity index (χ0n) is 20.5. The lowest BCUT2D eigenvalue weighted by molar-refractivity contribution is -0.192. The van der Waals surface area contributed by atoms with Gasteiger partial charge in [-0.05, 0) is 25.5 Å². The number of halogens is 5. The molecule has 3 heterocycles. The van der Waals surface area contributed by atoms with Crippen LogP contribution in [0.2, 0.25) is 0 Å². The van der Waals surface area contributed by atoms with Gasteiger partial charge < -0.3 is 25.4 Å². The number of carboxylic acid groups (broad SMARTS) is 1. The van der Waals surface area contributed by atoms with E-state index in [2.05, 4.69) is 29.4 Å². The lowest BCUT2D eigenvalue weighted by atomic mass is 10.1. The summed E-state index contributed by atoms with van der Waals surface area (Å²) in [5.41, 5.74) is 2.08. The summed E-state index contributed by atoms with van der Waals surface area (Å²) >= 11 is 0. The second-order valence-electron chi connectivity index (χ2n) is 8.85. The Morgan fingerprint density at radius 2 is 1.92 bits per heavy atom. The third kappa shape index (κ3) is 7.88. The molecular weight excluding hydrogens is 501 g/mol. The van der Waals surface area contributed by atoms with Gasteiger partial charge in [-0.25, -0.2) is 23.5 Å². The third-order valence-corrected chi connectivity index (χ3v) is 6.03. The Morgan fingerprint density at radius 3 is 2.51 bits per heavy atom. The number of ether oxygens (including phenoxy) is 1. The Labute approximate surface area is 211 Å². The van der Waals surface area contributed by atoms with Gasteiger partial charge in [0.2, 0.25) is 0 Å². The lowest BCUT2D eigenvalue weighted by Gasteiger charge is -2.34. The van der Waals surface area contributed by atoms with E-state index >= 15 is 0 Å². The number of aliphatic carboxylic acids is 1. The van der Waals surface area contributed by atoms with Gasteiger partial charge in [0.1, 0.15) is 11.9 Å². The highest BCUT2D eigenvalue weighted by Gasteiger charge is 2.38. The number of carbonyl (C=O) groups is 1. The first-order valence-corrected chi connectivity index (χ1v) is 12.0. The Morgan fingerprint density at radius 1 is 1.24 bits per heavy atom. The Balaban J connectivity index is 0.000000479. The van der Waals surface area contributed by atoms with Gasteiger partial charge in [-0.3, -0.25) is 0 Å². The van der Waals surface area contributed by atoms with Gasteiger partial charge in [-0.1, -0.05) is 6.92 Å². The van der Waals surface area contributed by atoms with Crippen molar-refractivity contribution in [1.29, 1.82) is 0 Å². The number of nitrogens with zero attached hydrogens (tertiary/aromatic N) is 3. The second-order valence-corrected chi connectivity index (χ2v) is 8.85. The maximum atomic E-state index is 13.9. The van der Waals surface area contributed by atoms with E-state index in [-0.39, 0.29) is 11.9 Å². The minimum Gasteiger partial charge on any atom is -0.487 e. The fraction of sp³-hybridized carbons (Fsp3) is 0.542. The topological polar surface area (TPSA) is 99.6 Å². The molecule has 37 heavy (non-hydrogen) atoms. The molecule has 4 rings (SSSR count). The fourth-order valence-electron chi connectivity index (χ4n) is 3.84. The van der Waals surface area contributed by atoms with Crippen molar-refractivity contribution in [2.75, 3.05) is 29.9 Å². The molecule has 8 nitrogen and oxygen atoms in total. The van der Waals surface area contributed by atoms with Crippen molar-refractivity contribution in [2.24, 2.45) is 0 Å². The number of carboxylic acids is 1. The molecule has 1 atom stereocenters. The standard InChI is InChI=1S/C22H29F2N5O.C2HF3O2/c1-3-14(2)26-21-22(28-18-6-9-25-13-19(18)27-21)29-10-7-16(8-11-29)30-20-5-4-15(23)12-17(20)24;3-2(4,5)1(6)7/h4-5,12,14,16,25H,3,6-11,13H2,1-2H3,(H,26,27);(H,6,7)/t14-;/m0./s1. The number of anilines is 2. The average molecular weight is 532 g/mol. The summed E-state index contributed by atoms with van der Waals surface area (Å²) in [5.74, 6) is -2.19. The normalized spacial score (nSPS) is 16.8. The molecular formula is C24H30F5N5O3. The van der Waals surface area contributed by atoms with E-state index in [1.807, 2.05) is 0 Å². The van der Waals surface area contributed by atoms with E-state index < -0.39 is 23.8 Å². The molecule has 0 aliphatic carbocycles. The summed E-state index contributed by atoms with van der Waals surface area (Å²) in [4.78, 5) is 21.0. The van der Waals surface area contributed by atoms with E-state index in [1.54, 1.807) is 0 Å². The van der Waals surface area contributed by atoms with Crippen LogP contribution in [0.5, 0.6) is 5.75 Å². The van der Waals surface area contributed by atoms with Gasteiger partial charge in [0.05, 0.1) is 11.4 Å². The molecule has 0 spiro atoms. The van der Waals surface area contributed by atoms with Crippen LogP contribution in [0.3, 0.4) is 0 Å². The maximum absolute atomic E-state index is 13.9. The first-order valence-electron chi connectivity index (χ1n) is 12.0. The summed E-state index contributed by atoms with van der Waals surface area (Å²) in [5, 5.41) is 14.0. The number of hydrogen-bond donors (Lipinski definition) is 3. The summed E-state index contributed by atoms with van der Waals surface area (Å²) < 4.78 is 64.6. The summed E-state index contributed by atoms with van der Waals surface area (Å²) in [6, 6.07) is 3.73. The van der Waals surface area contributed by atoms with Crippen LogP contribution >= 0.6 is 0 Å². The fourth-order valence-corrected chi connectivity index (χ4v) is 3.84. The molecule has 0 radical (unpaired) electrons. The Kier molecular flexibility index (Phi) is 9.46. The first-order chi connectivity index (χ1) is 17.5. The van der Waals surface area contributed by atoms with Crippen molar-refractivity contribution in [1.82, 2.24) is 15.3 Å². The van der Waals surface area contributed by atoms with Crippen molar-refractivity contribution in [2.45, 2.75) is 64.4 Å². The van der Waals surface area contributed by atoms with Crippen LogP contribution in [-0.2, 0) is 17.8 Å². The Bertz CT molecular complexity index is 1080. The highest BCUT2D eigenvalue weighted by Crippen LogP contribution is 2.30. The highest BCUT2D eigenvalue weighted by molar-refractivity contribution is 5.73. The van der Waals surface area contributed by atoms with Crippen LogP contribution < -0.4 is 20.3 Å². The highest BCUT2D eigenvalue weighted by atomic mass is 19.4. The second kappa shape index (κ2) is 12.3. The van der Waals surface area contributed by atoms with Crippen LogP contribution in [0.25, 0.3) is 0 Å². The molecule has 1 aromatic carbocycles.